The van der Waals surface area contributed by atoms with E-state index >= 15 is 0 Å². The molecule has 2 unspecified atom stereocenters. The minimum atomic E-state index is 0.196. The molecule has 112 valence electrons. The van der Waals surface area contributed by atoms with E-state index < -0.39 is 0 Å². The van der Waals surface area contributed by atoms with Crippen molar-refractivity contribution in [2.45, 2.75) is 64.7 Å². The summed E-state index contributed by atoms with van der Waals surface area (Å²) in [5, 5.41) is 9.89. The van der Waals surface area contributed by atoms with E-state index in [-0.39, 0.29) is 5.41 Å². The fourth-order valence-corrected chi connectivity index (χ4v) is 4.55. The summed E-state index contributed by atoms with van der Waals surface area (Å²) in [6.45, 7) is 5.08. The third-order valence-corrected chi connectivity index (χ3v) is 5.42. The number of nitrogens with zero attached hydrogens (tertiary/aromatic N) is 1. The van der Waals surface area contributed by atoms with Crippen molar-refractivity contribution in [3.63, 3.8) is 0 Å². The second-order valence-corrected chi connectivity index (χ2v) is 7.56. The van der Waals surface area contributed by atoms with Gasteiger partial charge < -0.3 is 10.0 Å². The molecule has 0 amide bonds. The second-order valence-electron chi connectivity index (χ2n) is 7.56. The van der Waals surface area contributed by atoms with E-state index in [0.29, 0.717) is 6.61 Å². The Balaban J connectivity index is 1.82. The summed E-state index contributed by atoms with van der Waals surface area (Å²) in [6, 6.07) is 0. The molecule has 2 atom stereocenters. The summed E-state index contributed by atoms with van der Waals surface area (Å²) < 4.78 is 0. The highest BCUT2D eigenvalue weighted by atomic mass is 16.3. The fraction of sp³-hybridized carbons (Fsp3) is 1.00. The minimum absolute atomic E-state index is 0.196. The molecule has 2 aliphatic carbocycles. The summed E-state index contributed by atoms with van der Waals surface area (Å²) in [6.07, 6.45) is 12.3. The highest BCUT2D eigenvalue weighted by Crippen LogP contribution is 2.39. The van der Waals surface area contributed by atoms with Crippen molar-refractivity contribution in [3.05, 3.63) is 0 Å². The Morgan fingerprint density at radius 1 is 1.11 bits per heavy atom. The summed E-state index contributed by atoms with van der Waals surface area (Å²) in [4.78, 5) is 2.52. The van der Waals surface area contributed by atoms with Gasteiger partial charge in [0, 0.05) is 25.1 Å². The highest BCUT2D eigenvalue weighted by Gasteiger charge is 2.35. The molecule has 19 heavy (non-hydrogen) atoms. The van der Waals surface area contributed by atoms with E-state index in [9.17, 15) is 5.11 Å². The Morgan fingerprint density at radius 2 is 1.84 bits per heavy atom. The number of hydrogen-bond donors (Lipinski definition) is 1. The van der Waals surface area contributed by atoms with Gasteiger partial charge in [0.2, 0.25) is 0 Å². The van der Waals surface area contributed by atoms with Crippen LogP contribution in [0.5, 0.6) is 0 Å². The smallest absolute Gasteiger partial charge is 0.0499 e. The van der Waals surface area contributed by atoms with Gasteiger partial charge in [-0.15, -0.1) is 0 Å². The van der Waals surface area contributed by atoms with Crippen LogP contribution in [0.2, 0.25) is 0 Å². The molecule has 2 nitrogen and oxygen atoms in total. The number of hydrogen-bond acceptors (Lipinski definition) is 2. The number of aliphatic hydroxyl groups is 1. The zero-order valence-electron chi connectivity index (χ0n) is 13.0. The summed E-state index contributed by atoms with van der Waals surface area (Å²) in [7, 11) is 2.27. The Bertz CT molecular complexity index is 262. The lowest BCUT2D eigenvalue weighted by molar-refractivity contribution is 0.0258. The van der Waals surface area contributed by atoms with Crippen LogP contribution in [0.4, 0.5) is 0 Å². The molecule has 0 heterocycles. The van der Waals surface area contributed by atoms with Crippen molar-refractivity contribution in [3.8, 4) is 0 Å². The molecule has 1 N–H and O–H groups in total. The van der Waals surface area contributed by atoms with Crippen LogP contribution in [0.15, 0.2) is 0 Å². The molecule has 2 rings (SSSR count). The van der Waals surface area contributed by atoms with Crippen LogP contribution in [0, 0.1) is 17.3 Å². The Kier molecular flexibility index (Phi) is 5.70. The second kappa shape index (κ2) is 7.08. The predicted molar refractivity (Wildman–Crippen MR) is 81.2 cm³/mol. The van der Waals surface area contributed by atoms with Gasteiger partial charge in [-0.1, -0.05) is 39.0 Å². The van der Waals surface area contributed by atoms with Gasteiger partial charge in [-0.05, 0) is 44.6 Å². The van der Waals surface area contributed by atoms with Gasteiger partial charge in [0.15, 0.2) is 0 Å². The molecule has 2 saturated carbocycles. The number of rotatable bonds is 5. The van der Waals surface area contributed by atoms with Crippen LogP contribution < -0.4 is 0 Å². The first kappa shape index (κ1) is 15.3. The van der Waals surface area contributed by atoms with Crippen LogP contribution in [-0.4, -0.2) is 36.8 Å². The first-order valence-electron chi connectivity index (χ1n) is 8.43. The van der Waals surface area contributed by atoms with E-state index in [2.05, 4.69) is 18.9 Å². The molecule has 0 radical (unpaired) electrons. The molecule has 2 heteroatoms. The summed E-state index contributed by atoms with van der Waals surface area (Å²) in [5.41, 5.74) is 0.196. The Labute approximate surface area is 119 Å². The maximum absolute atomic E-state index is 9.89. The quantitative estimate of drug-likeness (QED) is 0.821. The summed E-state index contributed by atoms with van der Waals surface area (Å²) in [5.74, 6) is 1.71. The van der Waals surface area contributed by atoms with Gasteiger partial charge in [-0.25, -0.2) is 0 Å². The van der Waals surface area contributed by atoms with E-state index in [4.69, 9.17) is 0 Å². The topological polar surface area (TPSA) is 23.5 Å². The van der Waals surface area contributed by atoms with Gasteiger partial charge >= 0.3 is 0 Å². The molecule has 0 aromatic carbocycles. The zero-order chi connectivity index (χ0) is 13.7. The van der Waals surface area contributed by atoms with Crippen molar-refractivity contribution in [2.24, 2.45) is 17.3 Å². The maximum Gasteiger partial charge on any atom is 0.0499 e. The van der Waals surface area contributed by atoms with Crippen LogP contribution in [-0.2, 0) is 0 Å². The van der Waals surface area contributed by atoms with Crippen molar-refractivity contribution in [1.82, 2.24) is 4.90 Å². The van der Waals surface area contributed by atoms with Crippen LogP contribution in [0.3, 0.4) is 0 Å². The molecule has 0 spiro atoms. The molecule has 0 aromatic heterocycles. The Hall–Kier alpha value is -0.0800. The molecule has 0 bridgehead atoms. The van der Waals surface area contributed by atoms with Gasteiger partial charge in [0.05, 0.1) is 0 Å². The maximum atomic E-state index is 9.89. The highest BCUT2D eigenvalue weighted by molar-refractivity contribution is 4.87. The lowest BCUT2D eigenvalue weighted by Crippen LogP contribution is -2.43. The van der Waals surface area contributed by atoms with Gasteiger partial charge in [-0.3, -0.25) is 0 Å². The molecule has 0 saturated heterocycles. The first-order chi connectivity index (χ1) is 9.13. The average molecular weight is 267 g/mol. The lowest BCUT2D eigenvalue weighted by atomic mass is 9.70. The molecule has 0 aromatic rings. The van der Waals surface area contributed by atoms with Crippen molar-refractivity contribution >= 4 is 0 Å². The average Bonchev–Trinajstić information content (AvgIpc) is 2.39. The van der Waals surface area contributed by atoms with Gasteiger partial charge in [0.25, 0.3) is 0 Å². The monoisotopic (exact) mass is 267 g/mol. The zero-order valence-corrected chi connectivity index (χ0v) is 13.0. The normalized spacial score (nSPS) is 33.8. The SMILES string of the molecule is CC1CCCC(CO)(CN(C)CC2CCCCC2)C1. The molecule has 2 aliphatic rings. The van der Waals surface area contributed by atoms with Crippen LogP contribution >= 0.6 is 0 Å². The van der Waals surface area contributed by atoms with E-state index in [1.165, 1.54) is 64.3 Å². The first-order valence-corrected chi connectivity index (χ1v) is 8.43. The van der Waals surface area contributed by atoms with E-state index in [0.717, 1.165) is 18.4 Å². The number of aliphatic hydroxyl groups excluding tert-OH is 1. The van der Waals surface area contributed by atoms with Crippen LogP contribution in [0.25, 0.3) is 0 Å². The van der Waals surface area contributed by atoms with E-state index in [1.54, 1.807) is 0 Å². The van der Waals surface area contributed by atoms with Gasteiger partial charge in [-0.2, -0.15) is 0 Å². The van der Waals surface area contributed by atoms with Gasteiger partial charge in [0.1, 0.15) is 0 Å². The van der Waals surface area contributed by atoms with Crippen molar-refractivity contribution in [1.29, 1.82) is 0 Å². The minimum Gasteiger partial charge on any atom is -0.396 e. The van der Waals surface area contributed by atoms with Crippen molar-refractivity contribution in [2.75, 3.05) is 26.7 Å². The lowest BCUT2D eigenvalue weighted by Gasteiger charge is -2.42. The standard InChI is InChI=1S/C17H33NO/c1-15-7-6-10-17(11-15,14-19)13-18(2)12-16-8-4-3-5-9-16/h15-16,19H,3-14H2,1-2H3. The largest absolute Gasteiger partial charge is 0.396 e. The van der Waals surface area contributed by atoms with Crippen molar-refractivity contribution < 1.29 is 5.11 Å². The molecule has 2 fully saturated rings. The summed E-state index contributed by atoms with van der Waals surface area (Å²) >= 11 is 0. The molecular weight excluding hydrogens is 234 g/mol. The van der Waals surface area contributed by atoms with Crippen LogP contribution in [0.1, 0.15) is 64.7 Å². The fourth-order valence-electron chi connectivity index (χ4n) is 4.55. The Morgan fingerprint density at radius 3 is 2.47 bits per heavy atom. The third-order valence-electron chi connectivity index (χ3n) is 5.42. The third kappa shape index (κ3) is 4.46. The molecular formula is C17H33NO. The predicted octanol–water partition coefficient (Wildman–Crippen LogP) is 3.69. The van der Waals surface area contributed by atoms with E-state index in [1.807, 2.05) is 0 Å². The molecule has 0 aliphatic heterocycles.